The van der Waals surface area contributed by atoms with Crippen molar-refractivity contribution in [3.63, 3.8) is 0 Å². The lowest BCUT2D eigenvalue weighted by atomic mass is 9.43. The maximum Gasteiger partial charge on any atom is 0.187 e. The Balaban J connectivity index is 0.821. The molecule has 0 bridgehead atoms. The Labute approximate surface area is 590 Å². The summed E-state index contributed by atoms with van der Waals surface area (Å²) in [6.07, 6.45) is -43.5. The molecule has 0 aromatic rings. The Morgan fingerprint density at radius 1 is 0.373 bits per heavy atom. The molecule has 0 radical (unpaired) electrons. The molecule has 0 aromatic carbocycles. The van der Waals surface area contributed by atoms with Crippen LogP contribution < -0.4 is 0 Å². The summed E-state index contributed by atoms with van der Waals surface area (Å²) in [7, 11) is 0. The van der Waals surface area contributed by atoms with Gasteiger partial charge in [0.2, 0.25) is 0 Å². The first-order chi connectivity index (χ1) is 48.6. The summed E-state index contributed by atoms with van der Waals surface area (Å²) in [6.45, 7) is 4.01. The summed E-state index contributed by atoms with van der Waals surface area (Å²) in [5.74, 6) is 0.465. The predicted molar refractivity (Wildman–Crippen MR) is 336 cm³/mol. The SMILES string of the molecule is CCC[C@@H](C)[C@H]1CC[C@H]2[C@@H]3[C@H](OCCO[C@@H]4OC(CO)[C@@H](O[C@H]5OC(CO)[C@@H](O)[C@H](O)C5O)[C@H](O)C4O)C[C@@H]4C[C@H](OCCO[C@@H]5OC(CO)[C@@H](O[C@H]6OC(CO)[C@@H](O)[C@H](O)C6O)[C@H](O)C5O)CC[C@]4(C)[C@H]3C[C@H](OCCO[C@@H]3OC(CO)[C@@H](O[C@H]4OC(CO)[C@@H](O)[C@H](O)C4O)[C@H](O)C3O)[C@]12C. The number of aliphatic hydroxyl groups is 21. The second kappa shape index (κ2) is 36.2. The maximum atomic E-state index is 11.4. The number of ether oxygens (including phenoxy) is 15. The Bertz CT molecular complexity index is 2510. The highest BCUT2D eigenvalue weighted by Crippen LogP contribution is 2.69. The lowest BCUT2D eigenvalue weighted by molar-refractivity contribution is -0.360. The van der Waals surface area contributed by atoms with Crippen LogP contribution >= 0.6 is 0 Å². The second-order valence-corrected chi connectivity index (χ2v) is 29.9. The zero-order valence-electron chi connectivity index (χ0n) is 57.9. The fourth-order valence-electron chi connectivity index (χ4n) is 18.5. The average Bonchev–Trinajstić information content (AvgIpc) is 1.40. The molecule has 102 heavy (non-hydrogen) atoms. The molecule has 36 nitrogen and oxygen atoms in total. The molecule has 12 unspecified atom stereocenters. The minimum atomic E-state index is -1.86. The molecule has 36 heteroatoms. The fourth-order valence-corrected chi connectivity index (χ4v) is 18.5. The zero-order valence-corrected chi connectivity index (χ0v) is 57.9. The molecule has 10 fully saturated rings. The topological polar surface area (TPSA) is 563 Å². The summed E-state index contributed by atoms with van der Waals surface area (Å²) in [4.78, 5) is 0. The van der Waals surface area contributed by atoms with Gasteiger partial charge in [-0.25, -0.2) is 0 Å². The monoisotopic (exact) mass is 1480 g/mol. The highest BCUT2D eigenvalue weighted by molar-refractivity contribution is 5.15. The molecule has 0 amide bonds. The van der Waals surface area contributed by atoms with Gasteiger partial charge in [0.05, 0.1) is 97.6 Å². The number of hydrogen-bond donors (Lipinski definition) is 21. The van der Waals surface area contributed by atoms with Crippen molar-refractivity contribution < 1.29 is 178 Å². The van der Waals surface area contributed by atoms with E-state index in [1.54, 1.807) is 0 Å². The van der Waals surface area contributed by atoms with Gasteiger partial charge in [0.1, 0.15) is 146 Å². The largest absolute Gasteiger partial charge is 0.394 e. The zero-order chi connectivity index (χ0) is 74.0. The molecule has 21 N–H and O–H groups in total. The third-order valence-electron chi connectivity index (χ3n) is 24.2. The van der Waals surface area contributed by atoms with Crippen LogP contribution in [0.5, 0.6) is 0 Å². The van der Waals surface area contributed by atoms with Crippen LogP contribution in [0.25, 0.3) is 0 Å². The quantitative estimate of drug-likeness (QED) is 0.0297. The lowest BCUT2D eigenvalue weighted by Gasteiger charge is -2.64. The summed E-state index contributed by atoms with van der Waals surface area (Å²) < 4.78 is 90.0. The molecule has 10 aliphatic rings. The van der Waals surface area contributed by atoms with E-state index in [1.165, 1.54) is 0 Å². The van der Waals surface area contributed by atoms with E-state index in [-0.39, 0.29) is 98.9 Å². The minimum absolute atomic E-state index is 0.00499. The van der Waals surface area contributed by atoms with Crippen LogP contribution in [0.3, 0.4) is 0 Å². The molecular weight excluding hydrogens is 1370 g/mol. The van der Waals surface area contributed by atoms with Crippen LogP contribution in [-0.4, -0.2) is 389 Å². The van der Waals surface area contributed by atoms with E-state index in [1.807, 2.05) is 0 Å². The molecular formula is C66H114O36. The van der Waals surface area contributed by atoms with E-state index < -0.39 is 229 Å². The number of hydrogen-bond acceptors (Lipinski definition) is 36. The minimum Gasteiger partial charge on any atom is -0.394 e. The normalized spacial score (nSPS) is 51.0. The van der Waals surface area contributed by atoms with Crippen molar-refractivity contribution in [1.82, 2.24) is 0 Å². The van der Waals surface area contributed by atoms with E-state index in [0.29, 0.717) is 25.7 Å². The number of fused-ring (bicyclic) bond motifs is 5. The van der Waals surface area contributed by atoms with Gasteiger partial charge in [-0.05, 0) is 85.9 Å². The first-order valence-corrected chi connectivity index (χ1v) is 36.1. The highest BCUT2D eigenvalue weighted by Gasteiger charge is 2.67. The van der Waals surface area contributed by atoms with Crippen molar-refractivity contribution in [3.8, 4) is 0 Å². The van der Waals surface area contributed by atoms with Crippen LogP contribution in [0.2, 0.25) is 0 Å². The third-order valence-corrected chi connectivity index (χ3v) is 24.2. The molecule has 6 aliphatic heterocycles. The van der Waals surface area contributed by atoms with Crippen LogP contribution in [0.4, 0.5) is 0 Å². The van der Waals surface area contributed by atoms with Crippen LogP contribution in [0.15, 0.2) is 0 Å². The van der Waals surface area contributed by atoms with Gasteiger partial charge in [-0.1, -0.05) is 40.5 Å². The Morgan fingerprint density at radius 2 is 0.735 bits per heavy atom. The van der Waals surface area contributed by atoms with Crippen LogP contribution in [0, 0.1) is 46.3 Å². The van der Waals surface area contributed by atoms with Gasteiger partial charge >= 0.3 is 0 Å². The van der Waals surface area contributed by atoms with E-state index >= 15 is 0 Å². The van der Waals surface area contributed by atoms with E-state index in [4.69, 9.17) is 71.1 Å². The van der Waals surface area contributed by atoms with Crippen molar-refractivity contribution in [2.24, 2.45) is 46.3 Å². The summed E-state index contributed by atoms with van der Waals surface area (Å²) >= 11 is 0. The Kier molecular flexibility index (Phi) is 29.4. The molecule has 4 aliphatic carbocycles. The van der Waals surface area contributed by atoms with Gasteiger partial charge in [-0.2, -0.15) is 0 Å². The van der Waals surface area contributed by atoms with Crippen LogP contribution in [0.1, 0.15) is 85.5 Å². The summed E-state index contributed by atoms with van der Waals surface area (Å²) in [5, 5.41) is 222. The van der Waals surface area contributed by atoms with E-state index in [9.17, 15) is 107 Å². The second-order valence-electron chi connectivity index (χ2n) is 29.9. The van der Waals surface area contributed by atoms with Gasteiger partial charge in [-0.15, -0.1) is 0 Å². The fraction of sp³-hybridized carbons (Fsp3) is 1.00. The smallest absolute Gasteiger partial charge is 0.187 e. The molecule has 10 rings (SSSR count). The average molecular weight is 1480 g/mol. The standard InChI is InChI=1S/C66H114O36/c1-5-6-26(2)29-7-8-30-40-31(19-39(66(29,30)4)90-13-16-93-61-55(87)49(81)58(38(25-72)99-61)102-64-52(84)46(78)43(75)35(22-69)96-64)65(3)10-9-28(88-11-14-91-59-53(85)47(79)56(36(23-70)97-59)100-62-50(82)44(76)41(73)33(20-67)94-62)17-27(65)18-32(40)89-12-15-92-60-54(86)48(80)57(37(24-71)98-60)101-63-51(83)45(77)42(74)34(21-68)95-63/h26-64,67-87H,5-25H2,1-4H3/t26-,27+,28-,29-,30+,31+,32-,33?,34?,35?,36?,37?,38?,39+,40+,41-,42-,43-,44+,45+,46+,47-,48-,49-,50?,51?,52?,53?,54?,55?,56-,57-,58-,59-,60-,61-,62-,63-,64-,65+,66-/m1/s1. The lowest BCUT2D eigenvalue weighted by Crippen LogP contribution is -2.64. The first-order valence-electron chi connectivity index (χ1n) is 36.1. The van der Waals surface area contributed by atoms with Gasteiger partial charge in [0.25, 0.3) is 0 Å². The summed E-state index contributed by atoms with van der Waals surface area (Å²) in [6, 6.07) is 0. The molecule has 6 heterocycles. The van der Waals surface area contributed by atoms with E-state index in [0.717, 1.165) is 32.1 Å². The first kappa shape index (κ1) is 83.0. The van der Waals surface area contributed by atoms with E-state index in [2.05, 4.69) is 27.7 Å². The number of aliphatic hydroxyl groups excluding tert-OH is 21. The van der Waals surface area contributed by atoms with Gasteiger partial charge in [0, 0.05) is 5.41 Å². The molecule has 594 valence electrons. The molecule has 4 saturated carbocycles. The van der Waals surface area contributed by atoms with Crippen LogP contribution in [-0.2, 0) is 71.1 Å². The maximum absolute atomic E-state index is 11.4. The van der Waals surface area contributed by atoms with Crippen molar-refractivity contribution in [1.29, 1.82) is 0 Å². The molecule has 0 spiro atoms. The van der Waals surface area contributed by atoms with Gasteiger partial charge < -0.3 is 178 Å². The van der Waals surface area contributed by atoms with Crippen molar-refractivity contribution >= 4 is 0 Å². The van der Waals surface area contributed by atoms with Gasteiger partial charge in [0.15, 0.2) is 37.7 Å². The van der Waals surface area contributed by atoms with Crippen molar-refractivity contribution in [3.05, 3.63) is 0 Å². The van der Waals surface area contributed by atoms with Crippen molar-refractivity contribution in [2.75, 3.05) is 79.3 Å². The molecule has 0 aromatic heterocycles. The number of rotatable bonds is 30. The van der Waals surface area contributed by atoms with Gasteiger partial charge in [-0.3, -0.25) is 0 Å². The highest BCUT2D eigenvalue weighted by atomic mass is 16.8. The summed E-state index contributed by atoms with van der Waals surface area (Å²) in [5.41, 5.74) is -0.753. The predicted octanol–water partition coefficient (Wildman–Crippen LogP) is -8.62. The van der Waals surface area contributed by atoms with Crippen molar-refractivity contribution in [2.45, 2.75) is 288 Å². The molecule has 41 atom stereocenters. The third kappa shape index (κ3) is 16.9. The Hall–Kier alpha value is -1.44. The Morgan fingerprint density at radius 3 is 1.13 bits per heavy atom. The molecule has 6 saturated heterocycles.